The number of rotatable bonds is 7. The molecule has 1 N–H and O–H groups in total. The molecule has 7 heteroatoms. The van der Waals surface area contributed by atoms with E-state index in [0.717, 1.165) is 4.90 Å². The minimum absolute atomic E-state index is 0.0722. The second-order valence-corrected chi connectivity index (χ2v) is 4.55. The quantitative estimate of drug-likeness (QED) is 0.841. The molecule has 0 aliphatic heterocycles. The molecule has 0 radical (unpaired) electrons. The van der Waals surface area contributed by atoms with Gasteiger partial charge in [-0.25, -0.2) is 18.0 Å². The topological polar surface area (TPSA) is 41.6 Å². The second kappa shape index (κ2) is 8.51. The molecule has 1 atom stereocenters. The second-order valence-electron chi connectivity index (χ2n) is 4.55. The molecule has 21 heavy (non-hydrogen) atoms. The zero-order valence-electron chi connectivity index (χ0n) is 12.0. The van der Waals surface area contributed by atoms with Crippen LogP contribution in [0.5, 0.6) is 0 Å². The molecule has 0 saturated carbocycles. The molecule has 1 rings (SSSR count). The molecule has 4 nitrogen and oxygen atoms in total. The molecular formula is C14H19F3N2O2. The zero-order chi connectivity index (χ0) is 15.8. The molecule has 0 aliphatic rings. The molecule has 1 aromatic carbocycles. The number of urea groups is 1. The van der Waals surface area contributed by atoms with Crippen molar-refractivity contribution in [2.45, 2.75) is 19.4 Å². The highest BCUT2D eigenvalue weighted by Gasteiger charge is 2.19. The van der Waals surface area contributed by atoms with Gasteiger partial charge in [-0.3, -0.25) is 0 Å². The predicted octanol–water partition coefficient (Wildman–Crippen LogP) is 2.81. The molecule has 1 aromatic rings. The molecule has 0 aromatic heterocycles. The van der Waals surface area contributed by atoms with E-state index in [1.165, 1.54) is 31.4 Å². The van der Waals surface area contributed by atoms with E-state index < -0.39 is 25.0 Å². The van der Waals surface area contributed by atoms with E-state index in [-0.39, 0.29) is 19.0 Å². The third-order valence-corrected chi connectivity index (χ3v) is 2.92. The number of methoxy groups -OCH3 is 1. The van der Waals surface area contributed by atoms with Crippen LogP contribution in [0.3, 0.4) is 0 Å². The zero-order valence-corrected chi connectivity index (χ0v) is 12.0. The van der Waals surface area contributed by atoms with Gasteiger partial charge < -0.3 is 15.0 Å². The first kappa shape index (κ1) is 17.3. The Morgan fingerprint density at radius 3 is 2.48 bits per heavy atom. The summed E-state index contributed by atoms with van der Waals surface area (Å²) in [6, 6.07) is 4.60. The molecule has 0 heterocycles. The van der Waals surface area contributed by atoms with E-state index in [1.807, 2.05) is 0 Å². The SMILES string of the molecule is COCCN(CC(F)F)C(=O)NC(C)c1ccc(F)cc1. The Morgan fingerprint density at radius 1 is 1.33 bits per heavy atom. The molecule has 0 aliphatic carbocycles. The van der Waals surface area contributed by atoms with E-state index in [9.17, 15) is 18.0 Å². The van der Waals surface area contributed by atoms with E-state index in [4.69, 9.17) is 4.74 Å². The summed E-state index contributed by atoms with van der Waals surface area (Å²) in [6.45, 7) is 1.28. The Bertz CT molecular complexity index is 440. The lowest BCUT2D eigenvalue weighted by molar-refractivity contribution is 0.0827. The Labute approximate surface area is 121 Å². The monoisotopic (exact) mass is 304 g/mol. The molecule has 0 bridgehead atoms. The van der Waals surface area contributed by atoms with Crippen LogP contribution in [0.4, 0.5) is 18.0 Å². The number of carbonyl (C=O) groups excluding carboxylic acids is 1. The van der Waals surface area contributed by atoms with Crippen LogP contribution in [0.25, 0.3) is 0 Å². The smallest absolute Gasteiger partial charge is 0.318 e. The minimum Gasteiger partial charge on any atom is -0.383 e. The fourth-order valence-electron chi connectivity index (χ4n) is 1.76. The number of alkyl halides is 2. The third kappa shape index (κ3) is 6.03. The van der Waals surface area contributed by atoms with Crippen LogP contribution in [-0.2, 0) is 4.74 Å². The lowest BCUT2D eigenvalue weighted by Gasteiger charge is -2.25. The number of nitrogens with zero attached hydrogens (tertiary/aromatic N) is 1. The lowest BCUT2D eigenvalue weighted by Crippen LogP contribution is -2.44. The van der Waals surface area contributed by atoms with Gasteiger partial charge in [0.2, 0.25) is 0 Å². The molecule has 0 saturated heterocycles. The van der Waals surface area contributed by atoms with Crippen molar-refractivity contribution in [2.24, 2.45) is 0 Å². The van der Waals surface area contributed by atoms with Crippen molar-refractivity contribution >= 4 is 6.03 Å². The van der Waals surface area contributed by atoms with Crippen LogP contribution in [0.2, 0.25) is 0 Å². The fourth-order valence-corrected chi connectivity index (χ4v) is 1.76. The Hall–Kier alpha value is -1.76. The highest BCUT2D eigenvalue weighted by molar-refractivity contribution is 5.74. The van der Waals surface area contributed by atoms with Gasteiger partial charge >= 0.3 is 6.03 Å². The summed E-state index contributed by atoms with van der Waals surface area (Å²) in [5.74, 6) is -0.378. The number of halogens is 3. The standard InChI is InChI=1S/C14H19F3N2O2/c1-10(11-3-5-12(15)6-4-11)18-14(20)19(7-8-21-2)9-13(16)17/h3-6,10,13H,7-9H2,1-2H3,(H,18,20). The summed E-state index contributed by atoms with van der Waals surface area (Å²) in [6.07, 6.45) is -2.62. The average Bonchev–Trinajstić information content (AvgIpc) is 2.43. The largest absolute Gasteiger partial charge is 0.383 e. The van der Waals surface area contributed by atoms with E-state index in [2.05, 4.69) is 5.32 Å². The Balaban J connectivity index is 2.64. The van der Waals surface area contributed by atoms with Gasteiger partial charge in [-0.2, -0.15) is 0 Å². The number of ether oxygens (including phenoxy) is 1. The summed E-state index contributed by atoms with van der Waals surface area (Å²) in [4.78, 5) is 13.0. The fraction of sp³-hybridized carbons (Fsp3) is 0.500. The maximum Gasteiger partial charge on any atom is 0.318 e. The summed E-state index contributed by atoms with van der Waals surface area (Å²) in [5, 5.41) is 2.61. The van der Waals surface area contributed by atoms with Gasteiger partial charge in [0.15, 0.2) is 0 Å². The van der Waals surface area contributed by atoms with Crippen LogP contribution in [0.1, 0.15) is 18.5 Å². The van der Waals surface area contributed by atoms with Gasteiger partial charge in [0, 0.05) is 13.7 Å². The van der Waals surface area contributed by atoms with Crippen molar-refractivity contribution in [3.8, 4) is 0 Å². The van der Waals surface area contributed by atoms with Crippen molar-refractivity contribution in [3.63, 3.8) is 0 Å². The molecule has 118 valence electrons. The first-order valence-electron chi connectivity index (χ1n) is 6.52. The maximum atomic E-state index is 12.8. The first-order chi connectivity index (χ1) is 9.93. The molecule has 0 spiro atoms. The van der Waals surface area contributed by atoms with Crippen molar-refractivity contribution < 1.29 is 22.7 Å². The van der Waals surface area contributed by atoms with Gasteiger partial charge in [-0.1, -0.05) is 12.1 Å². The van der Waals surface area contributed by atoms with Crippen molar-refractivity contribution in [1.82, 2.24) is 10.2 Å². The van der Waals surface area contributed by atoms with Crippen LogP contribution >= 0.6 is 0 Å². The highest BCUT2D eigenvalue weighted by Crippen LogP contribution is 2.13. The normalized spacial score (nSPS) is 12.3. The summed E-state index contributed by atoms with van der Waals surface area (Å²) < 4.78 is 42.6. The van der Waals surface area contributed by atoms with Gasteiger partial charge in [0.05, 0.1) is 19.2 Å². The summed E-state index contributed by atoms with van der Waals surface area (Å²) >= 11 is 0. The van der Waals surface area contributed by atoms with Gasteiger partial charge in [0.1, 0.15) is 5.82 Å². The minimum atomic E-state index is -2.62. The van der Waals surface area contributed by atoms with Crippen molar-refractivity contribution in [2.75, 3.05) is 26.8 Å². The average molecular weight is 304 g/mol. The summed E-state index contributed by atoms with van der Waals surface area (Å²) in [7, 11) is 1.43. The number of amides is 2. The lowest BCUT2D eigenvalue weighted by atomic mass is 10.1. The predicted molar refractivity (Wildman–Crippen MR) is 72.8 cm³/mol. The van der Waals surface area contributed by atoms with Crippen LogP contribution in [0, 0.1) is 5.82 Å². The van der Waals surface area contributed by atoms with Gasteiger partial charge in [-0.15, -0.1) is 0 Å². The van der Waals surface area contributed by atoms with Gasteiger partial charge in [-0.05, 0) is 24.6 Å². The number of hydrogen-bond acceptors (Lipinski definition) is 2. The number of hydrogen-bond donors (Lipinski definition) is 1. The molecule has 1 unspecified atom stereocenters. The molecule has 2 amide bonds. The van der Waals surface area contributed by atoms with Crippen molar-refractivity contribution in [1.29, 1.82) is 0 Å². The van der Waals surface area contributed by atoms with E-state index >= 15 is 0 Å². The third-order valence-electron chi connectivity index (χ3n) is 2.92. The van der Waals surface area contributed by atoms with Gasteiger partial charge in [0.25, 0.3) is 6.43 Å². The summed E-state index contributed by atoms with van der Waals surface area (Å²) in [5.41, 5.74) is 0.688. The maximum absolute atomic E-state index is 12.8. The number of nitrogens with one attached hydrogen (secondary N) is 1. The number of carbonyl (C=O) groups is 1. The van der Waals surface area contributed by atoms with Crippen LogP contribution < -0.4 is 5.32 Å². The van der Waals surface area contributed by atoms with Crippen LogP contribution in [-0.4, -0.2) is 44.2 Å². The Morgan fingerprint density at radius 2 is 1.95 bits per heavy atom. The van der Waals surface area contributed by atoms with E-state index in [0.29, 0.717) is 5.56 Å². The first-order valence-corrected chi connectivity index (χ1v) is 6.52. The Kier molecular flexibility index (Phi) is 7.01. The highest BCUT2D eigenvalue weighted by atomic mass is 19.3. The van der Waals surface area contributed by atoms with Crippen molar-refractivity contribution in [3.05, 3.63) is 35.6 Å². The molecular weight excluding hydrogens is 285 g/mol. The van der Waals surface area contributed by atoms with Crippen LogP contribution in [0.15, 0.2) is 24.3 Å². The van der Waals surface area contributed by atoms with E-state index in [1.54, 1.807) is 6.92 Å². The molecule has 0 fully saturated rings. The number of benzene rings is 1.